The molecular weight excluding hydrogens is 377 g/mol. The Morgan fingerprint density at radius 2 is 1.92 bits per heavy atom. The largest absolute Gasteiger partial charge is 0.416 e. The van der Waals surface area contributed by atoms with Gasteiger partial charge in [-0.25, -0.2) is 8.42 Å². The number of halogens is 3. The lowest BCUT2D eigenvalue weighted by atomic mass is 10.2. The van der Waals surface area contributed by atoms with Gasteiger partial charge in [0.05, 0.1) is 10.4 Å². The normalized spacial score (nSPS) is 12.0. The molecular formula is C15H15F3N2O3S2. The summed E-state index contributed by atoms with van der Waals surface area (Å²) in [6.07, 6.45) is -4.58. The molecule has 0 saturated carbocycles. The standard InChI is InChI=1S/C15H15F3N2O3S2/c1-3-19-14(21)12-8-13(9(2)24-12)25(22,23)20-11-6-4-5-10(7-11)15(16,17)18/h4-8,20H,3H2,1-2H3,(H,19,21). The van der Waals surface area contributed by atoms with Gasteiger partial charge in [-0.3, -0.25) is 9.52 Å². The van der Waals surface area contributed by atoms with E-state index in [1.54, 1.807) is 6.92 Å². The summed E-state index contributed by atoms with van der Waals surface area (Å²) in [6.45, 7) is 3.64. The smallest absolute Gasteiger partial charge is 0.352 e. The van der Waals surface area contributed by atoms with Crippen molar-refractivity contribution >= 4 is 33.0 Å². The molecule has 0 radical (unpaired) electrons. The number of aryl methyl sites for hydroxylation is 1. The van der Waals surface area contributed by atoms with E-state index in [2.05, 4.69) is 10.0 Å². The minimum atomic E-state index is -4.58. The summed E-state index contributed by atoms with van der Waals surface area (Å²) in [6, 6.07) is 5.10. The summed E-state index contributed by atoms with van der Waals surface area (Å²) in [5.74, 6) is -0.406. The predicted octanol–water partition coefficient (Wildman–Crippen LogP) is 3.63. The first-order valence-corrected chi connectivity index (χ1v) is 9.43. The molecule has 0 aliphatic heterocycles. The van der Waals surface area contributed by atoms with Crippen LogP contribution in [0.3, 0.4) is 0 Å². The fraction of sp³-hybridized carbons (Fsp3) is 0.267. The highest BCUT2D eigenvalue weighted by Gasteiger charge is 2.31. The van der Waals surface area contributed by atoms with Gasteiger partial charge in [-0.1, -0.05) is 6.07 Å². The molecule has 2 N–H and O–H groups in total. The average Bonchev–Trinajstić information content (AvgIpc) is 2.89. The van der Waals surface area contributed by atoms with Gasteiger partial charge in [-0.05, 0) is 38.1 Å². The first-order chi connectivity index (χ1) is 11.5. The second kappa shape index (κ2) is 7.04. The van der Waals surface area contributed by atoms with E-state index in [1.807, 2.05) is 0 Å². The van der Waals surface area contributed by atoms with Crippen molar-refractivity contribution in [2.75, 3.05) is 11.3 Å². The average molecular weight is 392 g/mol. The Morgan fingerprint density at radius 3 is 2.52 bits per heavy atom. The number of sulfonamides is 1. The Hall–Kier alpha value is -2.07. The van der Waals surface area contributed by atoms with Crippen LogP contribution in [0.2, 0.25) is 0 Å². The third-order valence-corrected chi connectivity index (χ3v) is 5.85. The zero-order chi connectivity index (χ0) is 18.8. The number of carbonyl (C=O) groups excluding carboxylic acids is 1. The van der Waals surface area contributed by atoms with Gasteiger partial charge in [0.25, 0.3) is 15.9 Å². The molecule has 1 aromatic carbocycles. The predicted molar refractivity (Wildman–Crippen MR) is 89.3 cm³/mol. The van der Waals surface area contributed by atoms with Gasteiger partial charge in [0, 0.05) is 17.1 Å². The lowest BCUT2D eigenvalue weighted by Gasteiger charge is -2.11. The molecule has 1 heterocycles. The molecule has 25 heavy (non-hydrogen) atoms. The zero-order valence-corrected chi connectivity index (χ0v) is 14.9. The number of hydrogen-bond donors (Lipinski definition) is 2. The minimum absolute atomic E-state index is 0.142. The van der Waals surface area contributed by atoms with Crippen LogP contribution in [0.4, 0.5) is 18.9 Å². The van der Waals surface area contributed by atoms with Crippen molar-refractivity contribution in [1.82, 2.24) is 5.32 Å². The minimum Gasteiger partial charge on any atom is -0.352 e. The van der Waals surface area contributed by atoms with Gasteiger partial charge in [-0.2, -0.15) is 13.2 Å². The van der Waals surface area contributed by atoms with E-state index in [1.165, 1.54) is 19.1 Å². The van der Waals surface area contributed by atoms with E-state index >= 15 is 0 Å². The molecule has 0 aliphatic carbocycles. The van der Waals surface area contributed by atoms with Crippen molar-refractivity contribution in [3.63, 3.8) is 0 Å². The first kappa shape index (κ1) is 19.3. The Balaban J connectivity index is 2.33. The summed E-state index contributed by atoms with van der Waals surface area (Å²) < 4.78 is 65.2. The van der Waals surface area contributed by atoms with Gasteiger partial charge >= 0.3 is 6.18 Å². The van der Waals surface area contributed by atoms with Crippen LogP contribution in [-0.2, 0) is 16.2 Å². The Bertz CT molecular complexity index is 890. The molecule has 1 aromatic heterocycles. The Morgan fingerprint density at radius 1 is 1.24 bits per heavy atom. The van der Waals surface area contributed by atoms with Crippen LogP contribution in [0.25, 0.3) is 0 Å². The molecule has 5 nitrogen and oxygen atoms in total. The SMILES string of the molecule is CCNC(=O)c1cc(S(=O)(=O)Nc2cccc(C(F)(F)F)c2)c(C)s1. The van der Waals surface area contributed by atoms with Gasteiger partial charge in [0.1, 0.15) is 4.90 Å². The zero-order valence-electron chi connectivity index (χ0n) is 13.3. The van der Waals surface area contributed by atoms with Crippen molar-refractivity contribution in [3.8, 4) is 0 Å². The number of benzene rings is 1. The quantitative estimate of drug-likeness (QED) is 0.816. The van der Waals surface area contributed by atoms with Crippen molar-refractivity contribution in [2.24, 2.45) is 0 Å². The van der Waals surface area contributed by atoms with E-state index in [4.69, 9.17) is 0 Å². The van der Waals surface area contributed by atoms with E-state index in [-0.39, 0.29) is 15.5 Å². The van der Waals surface area contributed by atoms with Crippen molar-refractivity contribution in [3.05, 3.63) is 45.6 Å². The van der Waals surface area contributed by atoms with E-state index in [0.717, 1.165) is 23.5 Å². The number of alkyl halides is 3. The molecule has 0 spiro atoms. The second-order valence-corrected chi connectivity index (χ2v) is 7.98. The number of nitrogens with one attached hydrogen (secondary N) is 2. The van der Waals surface area contributed by atoms with E-state index in [9.17, 15) is 26.4 Å². The van der Waals surface area contributed by atoms with Gasteiger partial charge in [0.2, 0.25) is 0 Å². The lowest BCUT2D eigenvalue weighted by molar-refractivity contribution is -0.137. The monoisotopic (exact) mass is 392 g/mol. The topological polar surface area (TPSA) is 75.3 Å². The third kappa shape index (κ3) is 4.51. The van der Waals surface area contributed by atoms with Crippen LogP contribution in [0.15, 0.2) is 35.2 Å². The molecule has 0 fully saturated rings. The van der Waals surface area contributed by atoms with Crippen LogP contribution in [0.1, 0.15) is 27.0 Å². The number of carbonyl (C=O) groups is 1. The van der Waals surface area contributed by atoms with Crippen molar-refractivity contribution in [1.29, 1.82) is 0 Å². The maximum Gasteiger partial charge on any atom is 0.416 e. The highest BCUT2D eigenvalue weighted by atomic mass is 32.2. The summed E-state index contributed by atoms with van der Waals surface area (Å²) in [5.41, 5.74) is -1.17. The number of amides is 1. The van der Waals surface area contributed by atoms with Crippen LogP contribution in [-0.4, -0.2) is 20.9 Å². The fourth-order valence-electron chi connectivity index (χ4n) is 2.06. The van der Waals surface area contributed by atoms with Gasteiger partial charge in [-0.15, -0.1) is 11.3 Å². The molecule has 0 bridgehead atoms. The highest BCUT2D eigenvalue weighted by Crippen LogP contribution is 2.32. The summed E-state index contributed by atoms with van der Waals surface area (Å²) in [4.78, 5) is 12.2. The van der Waals surface area contributed by atoms with Crippen LogP contribution < -0.4 is 10.0 Å². The number of hydrogen-bond acceptors (Lipinski definition) is 4. The first-order valence-electron chi connectivity index (χ1n) is 7.13. The number of anilines is 1. The fourth-order valence-corrected chi connectivity index (χ4v) is 4.62. The number of thiophene rings is 1. The third-order valence-electron chi connectivity index (χ3n) is 3.16. The van der Waals surface area contributed by atoms with Crippen LogP contribution in [0, 0.1) is 6.92 Å². The Kier molecular flexibility index (Phi) is 5.43. The molecule has 0 unspecified atom stereocenters. The summed E-state index contributed by atoms with van der Waals surface area (Å²) in [5, 5.41) is 2.56. The molecule has 0 aliphatic rings. The van der Waals surface area contributed by atoms with Gasteiger partial charge in [0.15, 0.2) is 0 Å². The second-order valence-electron chi connectivity index (χ2n) is 5.07. The molecule has 0 atom stereocenters. The molecule has 1 amide bonds. The van der Waals surface area contributed by atoms with Crippen LogP contribution in [0.5, 0.6) is 0 Å². The molecule has 136 valence electrons. The number of rotatable bonds is 5. The van der Waals surface area contributed by atoms with E-state index in [0.29, 0.717) is 17.5 Å². The van der Waals surface area contributed by atoms with Crippen molar-refractivity contribution < 1.29 is 26.4 Å². The summed E-state index contributed by atoms with van der Waals surface area (Å²) >= 11 is 0.996. The van der Waals surface area contributed by atoms with E-state index < -0.39 is 27.7 Å². The molecule has 10 heteroatoms. The molecule has 0 saturated heterocycles. The van der Waals surface area contributed by atoms with Crippen molar-refractivity contribution in [2.45, 2.75) is 24.9 Å². The summed E-state index contributed by atoms with van der Waals surface area (Å²) in [7, 11) is -4.12. The van der Waals surface area contributed by atoms with Gasteiger partial charge < -0.3 is 5.32 Å². The maximum atomic E-state index is 12.7. The highest BCUT2D eigenvalue weighted by molar-refractivity contribution is 7.93. The molecule has 2 aromatic rings. The Labute approximate surface area is 146 Å². The lowest BCUT2D eigenvalue weighted by Crippen LogP contribution is -2.21. The maximum absolute atomic E-state index is 12.7. The van der Waals surface area contributed by atoms with Crippen LogP contribution >= 0.6 is 11.3 Å². The molecule has 2 rings (SSSR count).